The number of hydrogen-bond acceptors (Lipinski definition) is 3. The van der Waals surface area contributed by atoms with E-state index in [0.29, 0.717) is 12.6 Å². The number of benzene rings is 1. The lowest BCUT2D eigenvalue weighted by atomic mass is 10.2. The summed E-state index contributed by atoms with van der Waals surface area (Å²) in [5.74, 6) is 1.97. The predicted octanol–water partition coefficient (Wildman–Crippen LogP) is 3.54. The minimum absolute atomic E-state index is 0.401. The molecule has 1 aromatic heterocycles. The molecule has 1 atom stereocenters. The molecule has 2 aromatic rings. The van der Waals surface area contributed by atoms with Crippen LogP contribution in [-0.4, -0.2) is 59.2 Å². The van der Waals surface area contributed by atoms with Gasteiger partial charge >= 0.3 is 0 Å². The molecule has 0 amide bonds. The summed E-state index contributed by atoms with van der Waals surface area (Å²) in [4.78, 5) is 11.8. The molecular formula is C24H40N6. The molecular weight excluding hydrogens is 372 g/mol. The second-order valence-electron chi connectivity index (χ2n) is 7.68. The number of nitrogens with zero attached hydrogens (tertiary/aromatic N) is 4. The van der Waals surface area contributed by atoms with E-state index in [0.717, 1.165) is 57.3 Å². The SMILES string of the molecule is CCNC(=NCCc1nccn1Cc1ccccc1)NC(C)CCCN(CC)CC. The molecule has 166 valence electrons. The first-order valence-corrected chi connectivity index (χ1v) is 11.5. The Morgan fingerprint density at radius 2 is 1.93 bits per heavy atom. The highest BCUT2D eigenvalue weighted by Gasteiger charge is 2.08. The van der Waals surface area contributed by atoms with Crippen LogP contribution in [0.5, 0.6) is 0 Å². The molecule has 0 spiro atoms. The summed E-state index contributed by atoms with van der Waals surface area (Å²) in [5.41, 5.74) is 1.29. The van der Waals surface area contributed by atoms with E-state index in [9.17, 15) is 0 Å². The van der Waals surface area contributed by atoms with Crippen molar-refractivity contribution in [3.8, 4) is 0 Å². The van der Waals surface area contributed by atoms with E-state index in [1.165, 1.54) is 12.0 Å². The van der Waals surface area contributed by atoms with Crippen LogP contribution >= 0.6 is 0 Å². The Hall–Kier alpha value is -2.34. The van der Waals surface area contributed by atoms with Crippen molar-refractivity contribution in [1.82, 2.24) is 25.1 Å². The van der Waals surface area contributed by atoms with Crippen LogP contribution in [0.1, 0.15) is 51.9 Å². The summed E-state index contributed by atoms with van der Waals surface area (Å²) in [6.07, 6.45) is 7.10. The number of aromatic nitrogens is 2. The first-order valence-electron chi connectivity index (χ1n) is 11.5. The van der Waals surface area contributed by atoms with Crippen molar-refractivity contribution in [2.45, 2.75) is 59.5 Å². The van der Waals surface area contributed by atoms with Crippen LogP contribution < -0.4 is 10.6 Å². The molecule has 2 rings (SSSR count). The standard InChI is InChI=1S/C24H40N6/c1-5-25-24(28-21(4)12-11-18-29(6-2)7-3)27-16-15-23-26-17-19-30(23)20-22-13-9-8-10-14-22/h8-10,13-14,17,19,21H,5-7,11-12,15-16,18,20H2,1-4H3,(H2,25,27,28). The summed E-state index contributed by atoms with van der Waals surface area (Å²) in [5, 5.41) is 6.93. The van der Waals surface area contributed by atoms with Crippen LogP contribution in [-0.2, 0) is 13.0 Å². The van der Waals surface area contributed by atoms with E-state index >= 15 is 0 Å². The van der Waals surface area contributed by atoms with Crippen LogP contribution in [0.4, 0.5) is 0 Å². The second-order valence-corrected chi connectivity index (χ2v) is 7.68. The smallest absolute Gasteiger partial charge is 0.191 e. The average molecular weight is 413 g/mol. The summed E-state index contributed by atoms with van der Waals surface area (Å²) in [6, 6.07) is 10.9. The number of rotatable bonds is 13. The quantitative estimate of drug-likeness (QED) is 0.390. The lowest BCUT2D eigenvalue weighted by Gasteiger charge is -2.21. The topological polar surface area (TPSA) is 57.5 Å². The third-order valence-electron chi connectivity index (χ3n) is 5.34. The monoisotopic (exact) mass is 412 g/mol. The maximum absolute atomic E-state index is 4.78. The second kappa shape index (κ2) is 13.8. The van der Waals surface area contributed by atoms with Gasteiger partial charge in [0, 0.05) is 44.5 Å². The fourth-order valence-electron chi connectivity index (χ4n) is 3.55. The van der Waals surface area contributed by atoms with Crippen molar-refractivity contribution in [2.75, 3.05) is 32.7 Å². The van der Waals surface area contributed by atoms with Crippen LogP contribution in [0.15, 0.2) is 47.7 Å². The maximum atomic E-state index is 4.78. The Morgan fingerprint density at radius 1 is 1.17 bits per heavy atom. The molecule has 1 unspecified atom stereocenters. The third-order valence-corrected chi connectivity index (χ3v) is 5.34. The molecule has 1 aromatic carbocycles. The van der Waals surface area contributed by atoms with Crippen molar-refractivity contribution in [3.05, 3.63) is 54.1 Å². The molecule has 0 aliphatic heterocycles. The van der Waals surface area contributed by atoms with E-state index in [2.05, 4.69) is 77.0 Å². The molecule has 0 saturated carbocycles. The van der Waals surface area contributed by atoms with Crippen molar-refractivity contribution in [3.63, 3.8) is 0 Å². The van der Waals surface area contributed by atoms with Gasteiger partial charge in [-0.2, -0.15) is 0 Å². The van der Waals surface area contributed by atoms with Crippen LogP contribution in [0.25, 0.3) is 0 Å². The van der Waals surface area contributed by atoms with Gasteiger partial charge in [-0.25, -0.2) is 4.98 Å². The summed E-state index contributed by atoms with van der Waals surface area (Å²) >= 11 is 0. The number of imidazole rings is 1. The highest BCUT2D eigenvalue weighted by atomic mass is 15.2. The number of guanidine groups is 1. The zero-order valence-electron chi connectivity index (χ0n) is 19.3. The van der Waals surface area contributed by atoms with Gasteiger partial charge in [0.1, 0.15) is 5.82 Å². The third kappa shape index (κ3) is 8.57. The van der Waals surface area contributed by atoms with E-state index in [-0.39, 0.29) is 0 Å². The summed E-state index contributed by atoms with van der Waals surface area (Å²) in [6.45, 7) is 14.6. The lowest BCUT2D eigenvalue weighted by molar-refractivity contribution is 0.292. The van der Waals surface area contributed by atoms with Crippen LogP contribution in [0.3, 0.4) is 0 Å². The highest BCUT2D eigenvalue weighted by molar-refractivity contribution is 5.80. The van der Waals surface area contributed by atoms with Crippen LogP contribution in [0.2, 0.25) is 0 Å². The van der Waals surface area contributed by atoms with E-state index in [1.807, 2.05) is 18.5 Å². The molecule has 1 heterocycles. The van der Waals surface area contributed by atoms with Crippen LogP contribution in [0, 0.1) is 0 Å². The Morgan fingerprint density at radius 3 is 2.63 bits per heavy atom. The van der Waals surface area contributed by atoms with Gasteiger partial charge in [-0.3, -0.25) is 4.99 Å². The Bertz CT molecular complexity index is 720. The molecule has 30 heavy (non-hydrogen) atoms. The molecule has 0 radical (unpaired) electrons. The average Bonchev–Trinajstić information content (AvgIpc) is 3.19. The van der Waals surface area contributed by atoms with Gasteiger partial charge in [0.15, 0.2) is 5.96 Å². The van der Waals surface area contributed by atoms with Crippen molar-refractivity contribution in [2.24, 2.45) is 4.99 Å². The Balaban J connectivity index is 1.83. The fourth-order valence-corrected chi connectivity index (χ4v) is 3.55. The van der Waals surface area contributed by atoms with Gasteiger partial charge < -0.3 is 20.1 Å². The number of aliphatic imine (C=N–C) groups is 1. The van der Waals surface area contributed by atoms with Crippen molar-refractivity contribution in [1.29, 1.82) is 0 Å². The fraction of sp³-hybridized carbons (Fsp3) is 0.583. The largest absolute Gasteiger partial charge is 0.357 e. The molecule has 2 N–H and O–H groups in total. The number of hydrogen-bond donors (Lipinski definition) is 2. The number of nitrogens with one attached hydrogen (secondary N) is 2. The molecule has 0 fully saturated rings. The minimum Gasteiger partial charge on any atom is -0.357 e. The van der Waals surface area contributed by atoms with E-state index in [1.54, 1.807) is 0 Å². The Labute approximate surface area is 182 Å². The van der Waals surface area contributed by atoms with Gasteiger partial charge in [-0.15, -0.1) is 0 Å². The van der Waals surface area contributed by atoms with Crippen molar-refractivity contribution < 1.29 is 0 Å². The zero-order chi connectivity index (χ0) is 21.6. The zero-order valence-corrected chi connectivity index (χ0v) is 19.3. The van der Waals surface area contributed by atoms with Gasteiger partial charge in [0.05, 0.1) is 0 Å². The normalized spacial score (nSPS) is 12.9. The first-order chi connectivity index (χ1) is 14.7. The van der Waals surface area contributed by atoms with E-state index in [4.69, 9.17) is 4.99 Å². The summed E-state index contributed by atoms with van der Waals surface area (Å²) < 4.78 is 2.21. The van der Waals surface area contributed by atoms with Gasteiger partial charge in [0.25, 0.3) is 0 Å². The van der Waals surface area contributed by atoms with Crippen molar-refractivity contribution >= 4 is 5.96 Å². The van der Waals surface area contributed by atoms with Gasteiger partial charge in [-0.1, -0.05) is 44.2 Å². The highest BCUT2D eigenvalue weighted by Crippen LogP contribution is 2.06. The Kier molecular flexibility index (Phi) is 11.0. The lowest BCUT2D eigenvalue weighted by Crippen LogP contribution is -2.42. The van der Waals surface area contributed by atoms with Gasteiger partial charge in [0.2, 0.25) is 0 Å². The predicted molar refractivity (Wildman–Crippen MR) is 127 cm³/mol. The van der Waals surface area contributed by atoms with Gasteiger partial charge in [-0.05, 0) is 51.9 Å². The first kappa shape index (κ1) is 23.9. The molecule has 6 heteroatoms. The maximum Gasteiger partial charge on any atom is 0.191 e. The molecule has 0 saturated heterocycles. The summed E-state index contributed by atoms with van der Waals surface area (Å²) in [7, 11) is 0. The molecule has 0 aliphatic rings. The van der Waals surface area contributed by atoms with E-state index < -0.39 is 0 Å². The minimum atomic E-state index is 0.401. The molecule has 6 nitrogen and oxygen atoms in total. The molecule has 0 aliphatic carbocycles. The molecule has 0 bridgehead atoms.